The number of carbonyl (C=O) groups is 1. The molecular weight excluding hydrogens is 378 g/mol. The molecule has 0 aliphatic carbocycles. The number of sulfone groups is 1. The summed E-state index contributed by atoms with van der Waals surface area (Å²) >= 11 is 5.77. The quantitative estimate of drug-likeness (QED) is 0.709. The lowest BCUT2D eigenvalue weighted by Crippen LogP contribution is -2.11. The number of benzene rings is 2. The Morgan fingerprint density at radius 1 is 1.08 bits per heavy atom. The van der Waals surface area contributed by atoms with Crippen LogP contribution in [0.25, 0.3) is 0 Å². The normalized spacial score (nSPS) is 11.2. The highest BCUT2D eigenvalue weighted by Crippen LogP contribution is 2.25. The molecule has 0 spiro atoms. The van der Waals surface area contributed by atoms with E-state index in [0.717, 1.165) is 0 Å². The lowest BCUT2D eigenvalue weighted by atomic mass is 10.3. The van der Waals surface area contributed by atoms with E-state index < -0.39 is 15.7 Å². The Morgan fingerprint density at radius 2 is 1.81 bits per heavy atom. The summed E-state index contributed by atoms with van der Waals surface area (Å²) in [5.41, 5.74) is 0.493. The summed E-state index contributed by atoms with van der Waals surface area (Å²) in [6, 6.07) is 15.0. The number of furan rings is 1. The maximum atomic E-state index is 12.5. The molecule has 8 heteroatoms. The molecule has 1 amide bonds. The highest BCUT2D eigenvalue weighted by Gasteiger charge is 2.23. The largest absolute Gasteiger partial charge is 0.497 e. The lowest BCUT2D eigenvalue weighted by molar-refractivity contribution is 0.0991. The molecule has 26 heavy (non-hydrogen) atoms. The van der Waals surface area contributed by atoms with Gasteiger partial charge in [-0.2, -0.15) is 0 Å². The number of hydrogen-bond donors (Lipinski definition) is 1. The van der Waals surface area contributed by atoms with Crippen LogP contribution in [0.3, 0.4) is 0 Å². The minimum atomic E-state index is -3.88. The van der Waals surface area contributed by atoms with Gasteiger partial charge in [0.2, 0.25) is 14.9 Å². The number of carbonyl (C=O) groups excluding carboxylic acids is 1. The van der Waals surface area contributed by atoms with Gasteiger partial charge in [-0.05, 0) is 48.5 Å². The zero-order valence-electron chi connectivity index (χ0n) is 13.6. The monoisotopic (exact) mass is 391 g/mol. The van der Waals surface area contributed by atoms with Crippen molar-refractivity contribution in [1.29, 1.82) is 0 Å². The van der Waals surface area contributed by atoms with Crippen LogP contribution in [0.15, 0.2) is 75.1 Å². The van der Waals surface area contributed by atoms with E-state index in [1.807, 2.05) is 0 Å². The summed E-state index contributed by atoms with van der Waals surface area (Å²) < 4.78 is 35.4. The molecule has 0 aliphatic rings. The number of methoxy groups -OCH3 is 1. The number of halogens is 1. The summed E-state index contributed by atoms with van der Waals surface area (Å²) in [6.07, 6.45) is 0. The molecule has 134 valence electrons. The maximum Gasteiger partial charge on any atom is 0.291 e. The molecule has 2 aromatic carbocycles. The fourth-order valence-electron chi connectivity index (χ4n) is 2.21. The first kappa shape index (κ1) is 18.0. The van der Waals surface area contributed by atoms with Crippen LogP contribution in [0.1, 0.15) is 10.6 Å². The number of hydrogen-bond acceptors (Lipinski definition) is 5. The highest BCUT2D eigenvalue weighted by molar-refractivity contribution is 7.91. The Hall–Kier alpha value is -2.77. The molecule has 0 aliphatic heterocycles. The smallest absolute Gasteiger partial charge is 0.291 e. The minimum Gasteiger partial charge on any atom is -0.497 e. The topological polar surface area (TPSA) is 85.6 Å². The first-order chi connectivity index (χ1) is 12.4. The molecule has 0 saturated carbocycles. The van der Waals surface area contributed by atoms with Crippen molar-refractivity contribution in [2.45, 2.75) is 9.99 Å². The van der Waals surface area contributed by atoms with Gasteiger partial charge in [0.15, 0.2) is 5.76 Å². The predicted molar refractivity (Wildman–Crippen MR) is 96.6 cm³/mol. The molecule has 6 nitrogen and oxygen atoms in total. The second-order valence-electron chi connectivity index (χ2n) is 5.26. The van der Waals surface area contributed by atoms with E-state index in [9.17, 15) is 13.2 Å². The Bertz CT molecular complexity index is 1040. The Labute approximate surface area is 155 Å². The average Bonchev–Trinajstić information content (AvgIpc) is 3.13. The second kappa shape index (κ2) is 7.23. The van der Waals surface area contributed by atoms with Gasteiger partial charge in [-0.1, -0.05) is 17.7 Å². The van der Waals surface area contributed by atoms with E-state index in [0.29, 0.717) is 16.5 Å². The highest BCUT2D eigenvalue weighted by atomic mass is 35.5. The molecule has 1 heterocycles. The SMILES string of the molecule is COc1cccc(NC(=O)c2ccc(S(=O)(=O)c3ccc(Cl)cc3)o2)c1. The van der Waals surface area contributed by atoms with E-state index in [-0.39, 0.29) is 15.7 Å². The summed E-state index contributed by atoms with van der Waals surface area (Å²) in [4.78, 5) is 12.3. The predicted octanol–water partition coefficient (Wildman–Crippen LogP) is 4.03. The van der Waals surface area contributed by atoms with Crippen molar-refractivity contribution in [3.8, 4) is 5.75 Å². The van der Waals surface area contributed by atoms with Gasteiger partial charge in [0.1, 0.15) is 5.75 Å². The third-order valence-electron chi connectivity index (χ3n) is 3.52. The average molecular weight is 392 g/mol. The Kier molecular flexibility index (Phi) is 5.01. The molecule has 0 radical (unpaired) electrons. The third kappa shape index (κ3) is 3.74. The van der Waals surface area contributed by atoms with E-state index in [4.69, 9.17) is 20.8 Å². The molecule has 1 N–H and O–H groups in total. The summed E-state index contributed by atoms with van der Waals surface area (Å²) in [5, 5.41) is 2.71. The zero-order chi connectivity index (χ0) is 18.7. The van der Waals surface area contributed by atoms with Crippen LogP contribution in [0.5, 0.6) is 5.75 Å². The van der Waals surface area contributed by atoms with Crippen molar-refractivity contribution in [2.24, 2.45) is 0 Å². The van der Waals surface area contributed by atoms with E-state index in [1.165, 1.54) is 43.5 Å². The second-order valence-corrected chi connectivity index (χ2v) is 7.58. The van der Waals surface area contributed by atoms with Crippen LogP contribution in [0, 0.1) is 0 Å². The van der Waals surface area contributed by atoms with Crippen molar-refractivity contribution >= 4 is 33.0 Å². The van der Waals surface area contributed by atoms with E-state index in [2.05, 4.69) is 5.32 Å². The van der Waals surface area contributed by atoms with Crippen LogP contribution in [0.2, 0.25) is 5.02 Å². The van der Waals surface area contributed by atoms with Crippen LogP contribution in [-0.4, -0.2) is 21.4 Å². The van der Waals surface area contributed by atoms with Gasteiger partial charge >= 0.3 is 0 Å². The molecule has 0 bridgehead atoms. The van der Waals surface area contributed by atoms with Crippen LogP contribution in [0.4, 0.5) is 5.69 Å². The lowest BCUT2D eigenvalue weighted by Gasteiger charge is -2.05. The van der Waals surface area contributed by atoms with E-state index in [1.54, 1.807) is 24.3 Å². The zero-order valence-corrected chi connectivity index (χ0v) is 15.2. The van der Waals surface area contributed by atoms with E-state index >= 15 is 0 Å². The van der Waals surface area contributed by atoms with Crippen molar-refractivity contribution in [3.63, 3.8) is 0 Å². The third-order valence-corrected chi connectivity index (χ3v) is 5.42. The standard InChI is InChI=1S/C18H14ClNO5S/c1-24-14-4-2-3-13(11-14)20-18(21)16-9-10-17(25-16)26(22,23)15-7-5-12(19)6-8-15/h2-11H,1H3,(H,20,21). The molecule has 0 fully saturated rings. The molecule has 0 saturated heterocycles. The first-order valence-electron chi connectivity index (χ1n) is 7.46. The molecule has 1 aromatic heterocycles. The Morgan fingerprint density at radius 3 is 2.50 bits per heavy atom. The van der Waals surface area contributed by atoms with Crippen molar-refractivity contribution in [2.75, 3.05) is 12.4 Å². The van der Waals surface area contributed by atoms with Crippen molar-refractivity contribution in [1.82, 2.24) is 0 Å². The number of amides is 1. The molecular formula is C18H14ClNO5S. The summed E-state index contributed by atoms with van der Waals surface area (Å²) in [5.74, 6) is -0.121. The van der Waals surface area contributed by atoms with Gasteiger partial charge in [0, 0.05) is 16.8 Å². The van der Waals surface area contributed by atoms with Crippen molar-refractivity contribution < 1.29 is 22.4 Å². The van der Waals surface area contributed by atoms with Gasteiger partial charge in [0.05, 0.1) is 12.0 Å². The number of anilines is 1. The summed E-state index contributed by atoms with van der Waals surface area (Å²) in [7, 11) is -2.36. The van der Waals surface area contributed by atoms with Crippen LogP contribution >= 0.6 is 11.6 Å². The van der Waals surface area contributed by atoms with Crippen LogP contribution < -0.4 is 10.1 Å². The van der Waals surface area contributed by atoms with Gasteiger partial charge in [-0.3, -0.25) is 4.79 Å². The number of nitrogens with one attached hydrogen (secondary N) is 1. The number of ether oxygens (including phenoxy) is 1. The molecule has 3 rings (SSSR count). The maximum absolute atomic E-state index is 12.5. The fourth-order valence-corrected chi connectivity index (χ4v) is 3.51. The van der Waals surface area contributed by atoms with Crippen LogP contribution in [-0.2, 0) is 9.84 Å². The van der Waals surface area contributed by atoms with Gasteiger partial charge < -0.3 is 14.5 Å². The Balaban J connectivity index is 1.82. The first-order valence-corrected chi connectivity index (χ1v) is 9.32. The number of rotatable bonds is 5. The molecule has 0 unspecified atom stereocenters. The fraction of sp³-hybridized carbons (Fsp3) is 0.0556. The molecule has 3 aromatic rings. The summed E-state index contributed by atoms with van der Waals surface area (Å²) in [6.45, 7) is 0. The van der Waals surface area contributed by atoms with Crippen molar-refractivity contribution in [3.05, 3.63) is 71.4 Å². The van der Waals surface area contributed by atoms with Gasteiger partial charge in [-0.25, -0.2) is 8.42 Å². The minimum absolute atomic E-state index is 0.0241. The van der Waals surface area contributed by atoms with Gasteiger partial charge in [-0.15, -0.1) is 0 Å². The van der Waals surface area contributed by atoms with Gasteiger partial charge in [0.25, 0.3) is 5.91 Å². The molecule has 0 atom stereocenters.